The number of urea groups is 1. The third-order valence-corrected chi connectivity index (χ3v) is 5.60. The van der Waals surface area contributed by atoms with Gasteiger partial charge < -0.3 is 20.6 Å². The molecule has 0 aliphatic carbocycles. The summed E-state index contributed by atoms with van der Waals surface area (Å²) in [5.74, 6) is -1.74. The maximum Gasteiger partial charge on any atom is 0.416 e. The van der Waals surface area contributed by atoms with Crippen LogP contribution in [0, 0.1) is 5.92 Å². The monoisotopic (exact) mass is 463 g/mol. The third kappa shape index (κ3) is 6.25. The highest BCUT2D eigenvalue weighted by atomic mass is 35.5. The van der Waals surface area contributed by atoms with Gasteiger partial charge in [0, 0.05) is 13.1 Å². The summed E-state index contributed by atoms with van der Waals surface area (Å²) in [5.41, 5.74) is -2.24. The fraction of sp³-hybridized carbons (Fsp3) is 0.550. The number of anilines is 1. The molecule has 31 heavy (non-hydrogen) atoms. The number of amides is 3. The molecular weight excluding hydrogens is 439 g/mol. The molecule has 3 N–H and O–H groups in total. The summed E-state index contributed by atoms with van der Waals surface area (Å²) in [6.07, 6.45) is -3.01. The van der Waals surface area contributed by atoms with Crippen LogP contribution in [0.25, 0.3) is 0 Å². The van der Waals surface area contributed by atoms with Crippen LogP contribution in [-0.2, 0) is 15.8 Å². The van der Waals surface area contributed by atoms with Gasteiger partial charge in [-0.25, -0.2) is 4.79 Å². The molecule has 0 radical (unpaired) electrons. The average Bonchev–Trinajstić information content (AvgIpc) is 2.68. The summed E-state index contributed by atoms with van der Waals surface area (Å²) in [6.45, 7) is 3.94. The second kappa shape index (κ2) is 9.76. The second-order valence-electron chi connectivity index (χ2n) is 7.76. The van der Waals surface area contributed by atoms with Gasteiger partial charge >= 0.3 is 18.2 Å². The zero-order valence-electron chi connectivity index (χ0n) is 17.2. The quantitative estimate of drug-likeness (QED) is 0.583. The first-order valence-corrected chi connectivity index (χ1v) is 10.2. The lowest BCUT2D eigenvalue weighted by atomic mass is 9.91. The van der Waals surface area contributed by atoms with Crippen molar-refractivity contribution >= 4 is 35.2 Å². The van der Waals surface area contributed by atoms with Crippen LogP contribution in [0.2, 0.25) is 5.02 Å². The van der Waals surface area contributed by atoms with Gasteiger partial charge in [-0.1, -0.05) is 24.9 Å². The molecule has 1 aliphatic heterocycles. The largest absolute Gasteiger partial charge is 0.481 e. The molecule has 2 rings (SSSR count). The van der Waals surface area contributed by atoms with E-state index >= 15 is 0 Å². The van der Waals surface area contributed by atoms with Crippen LogP contribution in [0.3, 0.4) is 0 Å². The number of carbonyl (C=O) groups is 3. The molecule has 1 fully saturated rings. The number of hydrogen-bond acceptors (Lipinski definition) is 3. The molecule has 1 aliphatic rings. The first-order valence-electron chi connectivity index (χ1n) is 9.85. The van der Waals surface area contributed by atoms with Crippen LogP contribution in [0.4, 0.5) is 23.7 Å². The molecule has 11 heteroatoms. The smallest absolute Gasteiger partial charge is 0.416 e. The number of carboxylic acid groups (broad SMARTS) is 1. The van der Waals surface area contributed by atoms with Crippen molar-refractivity contribution < 1.29 is 32.7 Å². The van der Waals surface area contributed by atoms with Crippen molar-refractivity contribution in [3.05, 3.63) is 28.8 Å². The fourth-order valence-electron chi connectivity index (χ4n) is 3.60. The number of nitrogens with one attached hydrogen (secondary N) is 2. The molecule has 0 spiro atoms. The Kier molecular flexibility index (Phi) is 7.80. The van der Waals surface area contributed by atoms with Crippen LogP contribution < -0.4 is 10.6 Å². The van der Waals surface area contributed by atoms with Crippen molar-refractivity contribution in [1.29, 1.82) is 0 Å². The summed E-state index contributed by atoms with van der Waals surface area (Å²) in [7, 11) is 0. The van der Waals surface area contributed by atoms with E-state index in [1.807, 2.05) is 6.92 Å². The van der Waals surface area contributed by atoms with E-state index in [2.05, 4.69) is 10.6 Å². The van der Waals surface area contributed by atoms with E-state index in [0.717, 1.165) is 12.1 Å². The van der Waals surface area contributed by atoms with Gasteiger partial charge in [-0.15, -0.1) is 0 Å². The molecule has 1 heterocycles. The summed E-state index contributed by atoms with van der Waals surface area (Å²) in [5, 5.41) is 13.8. The van der Waals surface area contributed by atoms with Gasteiger partial charge in [0.15, 0.2) is 0 Å². The Hall–Kier alpha value is -2.49. The number of hydrogen-bond donors (Lipinski definition) is 3. The summed E-state index contributed by atoms with van der Waals surface area (Å²) >= 11 is 5.87. The fourth-order valence-corrected chi connectivity index (χ4v) is 3.83. The van der Waals surface area contributed by atoms with Crippen LogP contribution in [-0.4, -0.2) is 46.5 Å². The number of carboxylic acids is 1. The Bertz CT molecular complexity index is 841. The number of aliphatic carboxylic acids is 1. The second-order valence-corrected chi connectivity index (χ2v) is 8.17. The van der Waals surface area contributed by atoms with Gasteiger partial charge in [0.25, 0.3) is 0 Å². The molecule has 172 valence electrons. The van der Waals surface area contributed by atoms with Gasteiger partial charge in [0.05, 0.1) is 22.2 Å². The zero-order valence-corrected chi connectivity index (χ0v) is 17.9. The van der Waals surface area contributed by atoms with Crippen molar-refractivity contribution in [2.24, 2.45) is 5.92 Å². The van der Waals surface area contributed by atoms with Crippen molar-refractivity contribution in [2.75, 3.05) is 18.4 Å². The minimum Gasteiger partial charge on any atom is -0.481 e. The predicted octanol–water partition coefficient (Wildman–Crippen LogP) is 4.36. The number of rotatable bonds is 6. The van der Waals surface area contributed by atoms with E-state index in [1.165, 1.54) is 4.90 Å². The standard InChI is InChI=1S/C20H25ClF3N3O4/c1-3-8-19(2,17(30)27-9-6-12(7-10-27)16(28)29)26-18(31)25-15-5-4-13(11-14(15)21)20(22,23)24/h4-5,11-12H,3,6-10H2,1-2H3,(H,28,29)(H2,25,26,31). The normalized spacial score (nSPS) is 17.0. The van der Waals surface area contributed by atoms with Crippen LogP contribution in [0.15, 0.2) is 18.2 Å². The molecule has 1 aromatic rings. The molecule has 1 saturated heterocycles. The van der Waals surface area contributed by atoms with E-state index in [9.17, 15) is 27.6 Å². The van der Waals surface area contributed by atoms with Gasteiger partial charge in [0.2, 0.25) is 5.91 Å². The van der Waals surface area contributed by atoms with Gasteiger partial charge in [-0.2, -0.15) is 13.2 Å². The molecule has 1 unspecified atom stereocenters. The zero-order chi connectivity index (χ0) is 23.4. The highest BCUT2D eigenvalue weighted by Crippen LogP contribution is 2.33. The first-order chi connectivity index (χ1) is 14.4. The molecule has 1 aromatic carbocycles. The van der Waals surface area contributed by atoms with E-state index in [-0.39, 0.29) is 29.7 Å². The highest BCUT2D eigenvalue weighted by molar-refractivity contribution is 6.33. The summed E-state index contributed by atoms with van der Waals surface area (Å²) < 4.78 is 38.3. The van der Waals surface area contributed by atoms with Crippen LogP contribution in [0.5, 0.6) is 0 Å². The topological polar surface area (TPSA) is 98.7 Å². The molecule has 0 saturated carbocycles. The van der Waals surface area contributed by atoms with E-state index in [1.54, 1.807) is 6.92 Å². The van der Waals surface area contributed by atoms with Gasteiger partial charge in [-0.3, -0.25) is 9.59 Å². The number of alkyl halides is 3. The van der Waals surface area contributed by atoms with Crippen molar-refractivity contribution in [3.63, 3.8) is 0 Å². The van der Waals surface area contributed by atoms with Crippen molar-refractivity contribution in [3.8, 4) is 0 Å². The van der Waals surface area contributed by atoms with E-state index in [0.29, 0.717) is 31.7 Å². The lowest BCUT2D eigenvalue weighted by molar-refractivity contribution is -0.147. The van der Waals surface area contributed by atoms with E-state index in [4.69, 9.17) is 16.7 Å². The average molecular weight is 464 g/mol. The van der Waals surface area contributed by atoms with Crippen molar-refractivity contribution in [2.45, 2.75) is 51.2 Å². The van der Waals surface area contributed by atoms with Crippen LogP contribution in [0.1, 0.15) is 45.1 Å². The Labute approximate surface area is 182 Å². The summed E-state index contributed by atoms with van der Waals surface area (Å²) in [6, 6.07) is 1.76. The Balaban J connectivity index is 2.08. The number of piperidine rings is 1. The lowest BCUT2D eigenvalue weighted by Crippen LogP contribution is -2.59. The number of carbonyl (C=O) groups excluding carboxylic acids is 2. The molecule has 0 bridgehead atoms. The SMILES string of the molecule is CCCC(C)(NC(=O)Nc1ccc(C(F)(F)F)cc1Cl)C(=O)N1CCC(C(=O)O)CC1. The number of benzene rings is 1. The maximum absolute atomic E-state index is 13.1. The minimum absolute atomic E-state index is 0.0271. The number of halogens is 4. The summed E-state index contributed by atoms with van der Waals surface area (Å²) in [4.78, 5) is 38.2. The molecular formula is C20H25ClF3N3O4. The molecule has 3 amide bonds. The lowest BCUT2D eigenvalue weighted by Gasteiger charge is -2.38. The molecule has 1 atom stereocenters. The van der Waals surface area contributed by atoms with Crippen LogP contribution >= 0.6 is 11.6 Å². The Morgan fingerprint density at radius 1 is 1.23 bits per heavy atom. The third-order valence-electron chi connectivity index (χ3n) is 5.29. The van der Waals surface area contributed by atoms with Crippen molar-refractivity contribution in [1.82, 2.24) is 10.2 Å². The number of nitrogens with zero attached hydrogens (tertiary/aromatic N) is 1. The maximum atomic E-state index is 13.1. The number of likely N-dealkylation sites (tertiary alicyclic amines) is 1. The van der Waals surface area contributed by atoms with Gasteiger partial charge in [-0.05, 0) is 44.4 Å². The van der Waals surface area contributed by atoms with E-state index < -0.39 is 35.2 Å². The van der Waals surface area contributed by atoms with Gasteiger partial charge in [0.1, 0.15) is 5.54 Å². The highest BCUT2D eigenvalue weighted by Gasteiger charge is 2.39. The molecule has 7 nitrogen and oxygen atoms in total. The first kappa shape index (κ1) is 24.8. The predicted molar refractivity (Wildman–Crippen MR) is 109 cm³/mol. The Morgan fingerprint density at radius 2 is 1.84 bits per heavy atom. The molecule has 0 aromatic heterocycles. The minimum atomic E-state index is -4.56. The Morgan fingerprint density at radius 3 is 2.32 bits per heavy atom.